The van der Waals surface area contributed by atoms with Gasteiger partial charge in [0, 0.05) is 29.2 Å². The van der Waals surface area contributed by atoms with Gasteiger partial charge >= 0.3 is 5.97 Å². The van der Waals surface area contributed by atoms with Crippen molar-refractivity contribution in [1.82, 2.24) is 4.98 Å². The van der Waals surface area contributed by atoms with E-state index < -0.39 is 12.0 Å². The van der Waals surface area contributed by atoms with Crippen molar-refractivity contribution in [3.63, 3.8) is 0 Å². The minimum absolute atomic E-state index is 0.330. The van der Waals surface area contributed by atoms with Crippen LogP contribution in [0.1, 0.15) is 35.2 Å². The zero-order chi connectivity index (χ0) is 21.3. The lowest BCUT2D eigenvalue weighted by Gasteiger charge is -2.22. The van der Waals surface area contributed by atoms with Gasteiger partial charge in [-0.2, -0.15) is 5.26 Å². The lowest BCUT2D eigenvalue weighted by Crippen LogP contribution is -2.23. The van der Waals surface area contributed by atoms with Crippen molar-refractivity contribution in [3.8, 4) is 11.8 Å². The Balaban J connectivity index is 1.93. The van der Waals surface area contributed by atoms with E-state index >= 15 is 0 Å². The number of pyridine rings is 1. The molecule has 0 radical (unpaired) electrons. The molecule has 1 N–H and O–H groups in total. The molecule has 3 aromatic rings. The van der Waals surface area contributed by atoms with E-state index in [0.717, 1.165) is 17.5 Å². The minimum Gasteiger partial charge on any atom is -0.488 e. The van der Waals surface area contributed by atoms with Gasteiger partial charge in [0.05, 0.1) is 18.7 Å². The largest absolute Gasteiger partial charge is 0.488 e. The number of carbonyl (C=O) groups is 1. The first-order valence-corrected chi connectivity index (χ1v) is 9.63. The number of esters is 1. The first kappa shape index (κ1) is 20.9. The zero-order valence-electron chi connectivity index (χ0n) is 17.0. The maximum Gasteiger partial charge on any atom is 0.333 e. The highest BCUT2D eigenvalue weighted by atomic mass is 16.5. The van der Waals surface area contributed by atoms with Crippen molar-refractivity contribution in [2.24, 2.45) is 0 Å². The Morgan fingerprint density at radius 1 is 1.17 bits per heavy atom. The van der Waals surface area contributed by atoms with Gasteiger partial charge in [-0.25, -0.2) is 4.79 Å². The van der Waals surface area contributed by atoms with Gasteiger partial charge in [0.15, 0.2) is 6.04 Å². The van der Waals surface area contributed by atoms with Crippen LogP contribution in [0.2, 0.25) is 0 Å². The van der Waals surface area contributed by atoms with Crippen molar-refractivity contribution < 1.29 is 14.3 Å². The molecule has 0 fully saturated rings. The van der Waals surface area contributed by atoms with E-state index in [1.165, 1.54) is 7.11 Å². The van der Waals surface area contributed by atoms with Crippen LogP contribution in [0.25, 0.3) is 0 Å². The van der Waals surface area contributed by atoms with Crippen molar-refractivity contribution in [2.75, 3.05) is 12.4 Å². The fraction of sp³-hybridized carbons (Fsp3) is 0.208. The lowest BCUT2D eigenvalue weighted by atomic mass is 10.0. The van der Waals surface area contributed by atoms with E-state index in [0.29, 0.717) is 29.2 Å². The molecule has 0 aliphatic rings. The van der Waals surface area contributed by atoms with E-state index in [4.69, 9.17) is 14.7 Å². The van der Waals surface area contributed by atoms with Crippen molar-refractivity contribution in [2.45, 2.75) is 26.0 Å². The summed E-state index contributed by atoms with van der Waals surface area (Å²) in [7, 11) is 1.36. The monoisotopic (exact) mass is 401 g/mol. The number of nitriles is 1. The van der Waals surface area contributed by atoms with Crippen molar-refractivity contribution >= 4 is 11.7 Å². The first-order chi connectivity index (χ1) is 14.6. The second kappa shape index (κ2) is 10.1. The topological polar surface area (TPSA) is 84.2 Å². The molecule has 152 valence electrons. The Hall–Kier alpha value is -3.85. The second-order valence-corrected chi connectivity index (χ2v) is 6.67. The van der Waals surface area contributed by atoms with E-state index in [1.807, 2.05) is 30.3 Å². The van der Waals surface area contributed by atoms with Gasteiger partial charge in [-0.1, -0.05) is 19.1 Å². The van der Waals surface area contributed by atoms with E-state index in [9.17, 15) is 4.79 Å². The molecule has 1 unspecified atom stereocenters. The molecule has 6 heteroatoms. The average molecular weight is 401 g/mol. The highest BCUT2D eigenvalue weighted by molar-refractivity contribution is 5.82. The second-order valence-electron chi connectivity index (χ2n) is 6.67. The number of nitrogens with zero attached hydrogens (tertiary/aromatic N) is 2. The predicted octanol–water partition coefficient (Wildman–Crippen LogP) is 4.42. The van der Waals surface area contributed by atoms with Crippen LogP contribution in [-0.2, 0) is 22.6 Å². The number of anilines is 1. The third-order valence-corrected chi connectivity index (χ3v) is 4.67. The molecule has 6 nitrogen and oxygen atoms in total. The summed E-state index contributed by atoms with van der Waals surface area (Å²) in [6.45, 7) is 2.38. The number of hydrogen-bond donors (Lipinski definition) is 1. The third-order valence-electron chi connectivity index (χ3n) is 4.67. The molecule has 1 atom stereocenters. The van der Waals surface area contributed by atoms with Crippen molar-refractivity contribution in [3.05, 3.63) is 89.2 Å². The lowest BCUT2D eigenvalue weighted by molar-refractivity contribution is -0.141. The molecule has 0 bridgehead atoms. The van der Waals surface area contributed by atoms with E-state index in [1.54, 1.807) is 36.7 Å². The summed E-state index contributed by atoms with van der Waals surface area (Å²) in [4.78, 5) is 16.8. The summed E-state index contributed by atoms with van der Waals surface area (Å²) >= 11 is 0. The summed E-state index contributed by atoms with van der Waals surface area (Å²) in [5.41, 5.74) is 3.94. The molecule has 30 heavy (non-hydrogen) atoms. The highest BCUT2D eigenvalue weighted by Gasteiger charge is 2.25. The van der Waals surface area contributed by atoms with Crippen molar-refractivity contribution in [1.29, 1.82) is 5.26 Å². The number of benzene rings is 2. The number of carbonyl (C=O) groups excluding carboxylic acids is 1. The number of ether oxygens (including phenoxy) is 2. The molecule has 0 spiro atoms. The van der Waals surface area contributed by atoms with Crippen LogP contribution in [0.3, 0.4) is 0 Å². The van der Waals surface area contributed by atoms with E-state index in [2.05, 4.69) is 23.3 Å². The molecule has 0 saturated carbocycles. The van der Waals surface area contributed by atoms with Gasteiger partial charge in [0.2, 0.25) is 0 Å². The smallest absolute Gasteiger partial charge is 0.333 e. The summed E-state index contributed by atoms with van der Waals surface area (Å²) < 4.78 is 11.1. The van der Waals surface area contributed by atoms with Crippen LogP contribution < -0.4 is 10.1 Å². The van der Waals surface area contributed by atoms with Gasteiger partial charge in [-0.3, -0.25) is 4.98 Å². The minimum atomic E-state index is -0.765. The number of aryl methyl sites for hydroxylation is 1. The van der Waals surface area contributed by atoms with Gasteiger partial charge in [-0.05, 0) is 54.4 Å². The van der Waals surface area contributed by atoms with Crippen LogP contribution in [0.5, 0.6) is 5.75 Å². The zero-order valence-corrected chi connectivity index (χ0v) is 17.0. The first-order valence-electron chi connectivity index (χ1n) is 9.63. The standard InChI is InChI=1S/C24H23N3O3/c1-3-17-8-11-22(30-16-19-5-4-12-26-15-19)21(13-17)23(24(28)29-2)27-20-9-6-18(14-25)7-10-20/h4-13,15,23,27H,3,16H2,1-2H3. The molecule has 0 saturated heterocycles. The maximum atomic E-state index is 12.7. The molecular formula is C24H23N3O3. The molecule has 1 heterocycles. The van der Waals surface area contributed by atoms with Crippen LogP contribution in [-0.4, -0.2) is 18.1 Å². The normalized spacial score (nSPS) is 11.2. The Labute approximate surface area is 176 Å². The maximum absolute atomic E-state index is 12.7. The van der Waals surface area contributed by atoms with Crippen LogP contribution in [0.4, 0.5) is 5.69 Å². The molecule has 1 aromatic heterocycles. The fourth-order valence-corrected chi connectivity index (χ4v) is 3.01. The summed E-state index contributed by atoms with van der Waals surface area (Å²) in [5, 5.41) is 12.2. The van der Waals surface area contributed by atoms with Gasteiger partial charge in [-0.15, -0.1) is 0 Å². The van der Waals surface area contributed by atoms with Crippen LogP contribution in [0, 0.1) is 11.3 Å². The fourth-order valence-electron chi connectivity index (χ4n) is 3.01. The average Bonchev–Trinajstić information content (AvgIpc) is 2.81. The van der Waals surface area contributed by atoms with Gasteiger partial charge < -0.3 is 14.8 Å². The Kier molecular flexibility index (Phi) is 7.01. The number of rotatable bonds is 8. The third kappa shape index (κ3) is 5.15. The predicted molar refractivity (Wildman–Crippen MR) is 114 cm³/mol. The van der Waals surface area contributed by atoms with Gasteiger partial charge in [0.25, 0.3) is 0 Å². The summed E-state index contributed by atoms with van der Waals surface area (Å²) in [5.74, 6) is 0.159. The molecule has 3 rings (SSSR count). The summed E-state index contributed by atoms with van der Waals surface area (Å²) in [6, 6.07) is 17.8. The Bertz CT molecular complexity index is 1030. The summed E-state index contributed by atoms with van der Waals surface area (Å²) in [6.07, 6.45) is 4.27. The molecule has 0 aliphatic heterocycles. The van der Waals surface area contributed by atoms with Crippen LogP contribution >= 0.6 is 0 Å². The van der Waals surface area contributed by atoms with Gasteiger partial charge in [0.1, 0.15) is 12.4 Å². The highest BCUT2D eigenvalue weighted by Crippen LogP contribution is 2.31. The number of hydrogen-bond acceptors (Lipinski definition) is 6. The molecule has 0 aliphatic carbocycles. The van der Waals surface area contributed by atoms with E-state index in [-0.39, 0.29) is 0 Å². The molecular weight excluding hydrogens is 378 g/mol. The number of methoxy groups -OCH3 is 1. The molecule has 0 amide bonds. The number of aromatic nitrogens is 1. The van der Waals surface area contributed by atoms with Crippen LogP contribution in [0.15, 0.2) is 67.0 Å². The Morgan fingerprint density at radius 3 is 2.60 bits per heavy atom. The number of nitrogens with one attached hydrogen (secondary N) is 1. The Morgan fingerprint density at radius 2 is 1.97 bits per heavy atom. The molecule has 2 aromatic carbocycles. The quantitative estimate of drug-likeness (QED) is 0.563. The SMILES string of the molecule is CCc1ccc(OCc2cccnc2)c(C(Nc2ccc(C#N)cc2)C(=O)OC)c1.